The molecule has 2 nitrogen and oxygen atoms in total. The lowest BCUT2D eigenvalue weighted by molar-refractivity contribution is 0.297. The SMILES string of the molecule is CCCC(C)(Pc1ccc(C)cc1C=NC)c1cc(C(C)(C)C)cc(C)c1OCc1ccccc1. The van der Waals surface area contributed by atoms with Crippen molar-refractivity contribution in [1.82, 2.24) is 0 Å². The summed E-state index contributed by atoms with van der Waals surface area (Å²) in [4.78, 5) is 4.35. The molecule has 2 unspecified atom stereocenters. The van der Waals surface area contributed by atoms with Gasteiger partial charge in [-0.1, -0.05) is 110 Å². The van der Waals surface area contributed by atoms with Crippen LogP contribution in [-0.2, 0) is 17.2 Å². The van der Waals surface area contributed by atoms with Crippen molar-refractivity contribution >= 4 is 20.1 Å². The zero-order valence-corrected chi connectivity index (χ0v) is 23.8. The Balaban J connectivity index is 2.15. The molecule has 3 heteroatoms. The van der Waals surface area contributed by atoms with Gasteiger partial charge in [0.05, 0.1) is 0 Å². The Labute approximate surface area is 215 Å². The zero-order valence-electron chi connectivity index (χ0n) is 22.8. The summed E-state index contributed by atoms with van der Waals surface area (Å²) in [7, 11) is 2.46. The van der Waals surface area contributed by atoms with Gasteiger partial charge in [-0.3, -0.25) is 4.99 Å². The number of aryl methyl sites for hydroxylation is 2. The predicted molar refractivity (Wildman–Crippen MR) is 156 cm³/mol. The third-order valence-electron chi connectivity index (χ3n) is 6.60. The predicted octanol–water partition coefficient (Wildman–Crippen LogP) is 8.25. The van der Waals surface area contributed by atoms with Gasteiger partial charge in [-0.2, -0.15) is 0 Å². The summed E-state index contributed by atoms with van der Waals surface area (Å²) in [6, 6.07) is 22.0. The Morgan fingerprint density at radius 3 is 2.29 bits per heavy atom. The molecule has 3 aromatic carbocycles. The molecule has 0 radical (unpaired) electrons. The van der Waals surface area contributed by atoms with E-state index >= 15 is 0 Å². The van der Waals surface area contributed by atoms with E-state index in [9.17, 15) is 0 Å². The number of ether oxygens (including phenoxy) is 1. The maximum absolute atomic E-state index is 6.63. The fourth-order valence-electron chi connectivity index (χ4n) is 4.64. The van der Waals surface area contributed by atoms with Gasteiger partial charge in [0.15, 0.2) is 0 Å². The summed E-state index contributed by atoms with van der Waals surface area (Å²) in [5.41, 5.74) is 7.66. The van der Waals surface area contributed by atoms with Gasteiger partial charge in [0, 0.05) is 24.0 Å². The Morgan fingerprint density at radius 1 is 0.943 bits per heavy atom. The maximum Gasteiger partial charge on any atom is 0.126 e. The molecule has 0 bridgehead atoms. The highest BCUT2D eigenvalue weighted by atomic mass is 31.1. The number of benzene rings is 3. The van der Waals surface area contributed by atoms with Crippen molar-refractivity contribution in [1.29, 1.82) is 0 Å². The van der Waals surface area contributed by atoms with Crippen LogP contribution in [0, 0.1) is 13.8 Å². The van der Waals surface area contributed by atoms with E-state index in [0.717, 1.165) is 18.6 Å². The molecule has 35 heavy (non-hydrogen) atoms. The molecule has 0 amide bonds. The molecule has 0 aliphatic carbocycles. The maximum atomic E-state index is 6.63. The summed E-state index contributed by atoms with van der Waals surface area (Å²) >= 11 is 0. The Kier molecular flexibility index (Phi) is 8.94. The van der Waals surface area contributed by atoms with Crippen molar-refractivity contribution in [3.8, 4) is 5.75 Å². The minimum Gasteiger partial charge on any atom is -0.488 e. The van der Waals surface area contributed by atoms with Crippen molar-refractivity contribution in [2.45, 2.75) is 78.5 Å². The monoisotopic (exact) mass is 487 g/mol. The van der Waals surface area contributed by atoms with Gasteiger partial charge in [0.2, 0.25) is 0 Å². The fourth-order valence-corrected chi connectivity index (χ4v) is 6.38. The fraction of sp³-hybridized carbons (Fsp3) is 0.406. The van der Waals surface area contributed by atoms with Crippen molar-refractivity contribution in [3.63, 3.8) is 0 Å². The molecule has 0 fully saturated rings. The van der Waals surface area contributed by atoms with Crippen LogP contribution in [0.4, 0.5) is 0 Å². The van der Waals surface area contributed by atoms with Crippen LogP contribution in [-0.4, -0.2) is 13.3 Å². The van der Waals surface area contributed by atoms with Gasteiger partial charge >= 0.3 is 0 Å². The van der Waals surface area contributed by atoms with E-state index in [1.54, 1.807) is 0 Å². The van der Waals surface area contributed by atoms with Crippen molar-refractivity contribution in [3.05, 3.63) is 94.0 Å². The second kappa shape index (κ2) is 11.5. The van der Waals surface area contributed by atoms with Gasteiger partial charge in [0.1, 0.15) is 12.4 Å². The molecule has 0 N–H and O–H groups in total. The summed E-state index contributed by atoms with van der Waals surface area (Å²) in [6.07, 6.45) is 4.21. The molecule has 0 saturated heterocycles. The number of hydrogen-bond donors (Lipinski definition) is 0. The van der Waals surface area contributed by atoms with Crippen LogP contribution >= 0.6 is 8.58 Å². The summed E-state index contributed by atoms with van der Waals surface area (Å²) in [6.45, 7) is 16.5. The summed E-state index contributed by atoms with van der Waals surface area (Å²) in [5, 5.41) is 1.32. The molecular weight excluding hydrogens is 445 g/mol. The van der Waals surface area contributed by atoms with E-state index in [4.69, 9.17) is 4.74 Å². The largest absolute Gasteiger partial charge is 0.488 e. The molecule has 3 rings (SSSR count). The lowest BCUT2D eigenvalue weighted by atomic mass is 9.82. The van der Waals surface area contributed by atoms with Gasteiger partial charge < -0.3 is 4.74 Å². The molecule has 186 valence electrons. The van der Waals surface area contributed by atoms with Gasteiger partial charge in [-0.25, -0.2) is 0 Å². The van der Waals surface area contributed by atoms with Crippen LogP contribution in [0.1, 0.15) is 80.8 Å². The Hall–Kier alpha value is -2.44. The van der Waals surface area contributed by atoms with E-state index < -0.39 is 0 Å². The van der Waals surface area contributed by atoms with Crippen molar-refractivity contribution in [2.24, 2.45) is 4.99 Å². The molecule has 0 heterocycles. The summed E-state index contributed by atoms with van der Waals surface area (Å²) in [5.74, 6) is 1.04. The second-order valence-electron chi connectivity index (χ2n) is 10.9. The molecular formula is C32H42NOP. The van der Waals surface area contributed by atoms with E-state index in [2.05, 4.69) is 114 Å². The smallest absolute Gasteiger partial charge is 0.126 e. The van der Waals surface area contributed by atoms with E-state index in [1.807, 2.05) is 13.3 Å². The third kappa shape index (κ3) is 6.83. The Morgan fingerprint density at radius 2 is 1.66 bits per heavy atom. The average Bonchev–Trinajstić information content (AvgIpc) is 2.80. The first-order valence-corrected chi connectivity index (χ1v) is 13.7. The van der Waals surface area contributed by atoms with Crippen LogP contribution in [0.2, 0.25) is 0 Å². The quantitative estimate of drug-likeness (QED) is 0.220. The molecule has 0 saturated carbocycles. The first-order chi connectivity index (χ1) is 16.6. The van der Waals surface area contributed by atoms with Crippen molar-refractivity contribution < 1.29 is 4.74 Å². The highest BCUT2D eigenvalue weighted by Gasteiger charge is 2.33. The summed E-state index contributed by atoms with van der Waals surface area (Å²) < 4.78 is 6.63. The van der Waals surface area contributed by atoms with Gasteiger partial charge in [-0.15, -0.1) is 0 Å². The van der Waals surface area contributed by atoms with E-state index in [1.165, 1.54) is 38.7 Å². The number of rotatable bonds is 9. The third-order valence-corrected chi connectivity index (χ3v) is 8.39. The van der Waals surface area contributed by atoms with E-state index in [0.29, 0.717) is 15.2 Å². The molecule has 0 aliphatic rings. The number of aliphatic imine (C=N–C) groups is 1. The first-order valence-electron chi connectivity index (χ1n) is 12.7. The zero-order chi connectivity index (χ0) is 25.6. The second-order valence-corrected chi connectivity index (χ2v) is 12.8. The van der Waals surface area contributed by atoms with Crippen LogP contribution in [0.5, 0.6) is 5.75 Å². The lowest BCUT2D eigenvalue weighted by Crippen LogP contribution is -2.24. The number of hydrogen-bond acceptors (Lipinski definition) is 2. The normalized spacial score (nSPS) is 14.1. The molecule has 3 aromatic rings. The van der Waals surface area contributed by atoms with Gasteiger partial charge in [-0.05, 0) is 59.3 Å². The lowest BCUT2D eigenvalue weighted by Gasteiger charge is -2.35. The van der Waals surface area contributed by atoms with Crippen molar-refractivity contribution in [2.75, 3.05) is 7.05 Å². The van der Waals surface area contributed by atoms with Gasteiger partial charge in [0.25, 0.3) is 0 Å². The Bertz CT molecular complexity index is 1160. The van der Waals surface area contributed by atoms with Crippen LogP contribution in [0.25, 0.3) is 0 Å². The van der Waals surface area contributed by atoms with Crippen LogP contribution in [0.3, 0.4) is 0 Å². The van der Waals surface area contributed by atoms with E-state index in [-0.39, 0.29) is 10.6 Å². The molecule has 0 aromatic heterocycles. The molecule has 0 spiro atoms. The molecule has 0 aliphatic heterocycles. The highest BCUT2D eigenvalue weighted by Crippen LogP contribution is 2.50. The number of nitrogens with zero attached hydrogens (tertiary/aromatic N) is 1. The van der Waals surface area contributed by atoms with Crippen LogP contribution in [0.15, 0.2) is 65.7 Å². The standard InChI is InChI=1S/C32H42NOP/c1-9-17-32(7,35-29-16-15-23(2)18-26(29)21-33-8)28-20-27(31(4,5)6)19-24(3)30(28)34-22-25-13-11-10-12-14-25/h10-16,18-21,35H,9,17,22H2,1-8H3. The minimum absolute atomic E-state index is 0.0433. The topological polar surface area (TPSA) is 21.6 Å². The minimum atomic E-state index is -0.0433. The first kappa shape index (κ1) is 27.2. The molecule has 2 atom stereocenters. The average molecular weight is 488 g/mol. The highest BCUT2D eigenvalue weighted by molar-refractivity contribution is 7.48. The van der Waals surface area contributed by atoms with Crippen LogP contribution < -0.4 is 10.0 Å².